The zero-order valence-corrected chi connectivity index (χ0v) is 11.5. The summed E-state index contributed by atoms with van der Waals surface area (Å²) in [6, 6.07) is 9.31. The molecule has 18 heavy (non-hydrogen) atoms. The van der Waals surface area contributed by atoms with E-state index in [-0.39, 0.29) is 0 Å². The largest absolute Gasteiger partial charge is 0.382 e. The molecule has 1 saturated carbocycles. The first kappa shape index (κ1) is 13.4. The zero-order chi connectivity index (χ0) is 12.6. The van der Waals surface area contributed by atoms with E-state index < -0.39 is 0 Å². The van der Waals surface area contributed by atoms with Crippen LogP contribution in [0.3, 0.4) is 0 Å². The van der Waals surface area contributed by atoms with Gasteiger partial charge in [-0.25, -0.2) is 0 Å². The Morgan fingerprint density at radius 1 is 1.00 bits per heavy atom. The zero-order valence-electron chi connectivity index (χ0n) is 11.5. The van der Waals surface area contributed by atoms with Gasteiger partial charge in [-0.2, -0.15) is 0 Å². The third-order valence-electron chi connectivity index (χ3n) is 3.74. The van der Waals surface area contributed by atoms with Gasteiger partial charge in [-0.15, -0.1) is 0 Å². The molecule has 0 radical (unpaired) electrons. The van der Waals surface area contributed by atoms with E-state index >= 15 is 0 Å². The Morgan fingerprint density at radius 2 is 1.61 bits per heavy atom. The molecule has 2 nitrogen and oxygen atoms in total. The number of ether oxygens (including phenoxy) is 1. The summed E-state index contributed by atoms with van der Waals surface area (Å²) in [6.45, 7) is 0.698. The van der Waals surface area contributed by atoms with Gasteiger partial charge in [-0.05, 0) is 30.5 Å². The van der Waals surface area contributed by atoms with Crippen molar-refractivity contribution in [1.82, 2.24) is 0 Å². The first-order valence-electron chi connectivity index (χ1n) is 7.23. The van der Waals surface area contributed by atoms with E-state index in [1.54, 1.807) is 7.11 Å². The third kappa shape index (κ3) is 4.34. The highest BCUT2D eigenvalue weighted by molar-refractivity contribution is 5.45. The Morgan fingerprint density at radius 3 is 2.22 bits per heavy atom. The van der Waals surface area contributed by atoms with Crippen molar-refractivity contribution in [2.24, 2.45) is 0 Å². The number of hydrogen-bond acceptors (Lipinski definition) is 2. The van der Waals surface area contributed by atoms with Gasteiger partial charge in [0, 0.05) is 18.8 Å². The standard InChI is InChI=1S/C16H25NO/c1-18-13-14-9-11-16(12-10-14)17-15-7-5-3-2-4-6-8-15/h9-12,15,17H,2-8,13H2,1H3. The van der Waals surface area contributed by atoms with Crippen molar-refractivity contribution >= 4 is 5.69 Å². The molecule has 2 heteroatoms. The summed E-state index contributed by atoms with van der Waals surface area (Å²) in [6.07, 6.45) is 9.63. The van der Waals surface area contributed by atoms with Gasteiger partial charge in [0.05, 0.1) is 6.61 Å². The fourth-order valence-electron chi connectivity index (χ4n) is 2.70. The minimum absolute atomic E-state index is 0.665. The second-order valence-corrected chi connectivity index (χ2v) is 5.32. The molecule has 1 N–H and O–H groups in total. The van der Waals surface area contributed by atoms with E-state index in [2.05, 4.69) is 29.6 Å². The van der Waals surface area contributed by atoms with Crippen LogP contribution in [0.1, 0.15) is 50.5 Å². The summed E-state index contributed by atoms with van der Waals surface area (Å²) in [5.41, 5.74) is 2.49. The van der Waals surface area contributed by atoms with Crippen LogP contribution in [0.2, 0.25) is 0 Å². The van der Waals surface area contributed by atoms with Gasteiger partial charge in [0.2, 0.25) is 0 Å². The summed E-state index contributed by atoms with van der Waals surface area (Å²) < 4.78 is 5.13. The van der Waals surface area contributed by atoms with E-state index in [4.69, 9.17) is 4.74 Å². The average Bonchev–Trinajstić information content (AvgIpc) is 2.35. The lowest BCUT2D eigenvalue weighted by Gasteiger charge is -2.22. The van der Waals surface area contributed by atoms with Crippen LogP contribution in [0.15, 0.2) is 24.3 Å². The van der Waals surface area contributed by atoms with E-state index in [0.29, 0.717) is 12.6 Å². The SMILES string of the molecule is COCc1ccc(NC2CCCCCCC2)cc1. The predicted molar refractivity (Wildman–Crippen MR) is 76.9 cm³/mol. The molecule has 0 saturated heterocycles. The third-order valence-corrected chi connectivity index (χ3v) is 3.74. The van der Waals surface area contributed by atoms with Crippen LogP contribution in [-0.2, 0) is 11.3 Å². The molecule has 0 aliphatic heterocycles. The maximum atomic E-state index is 5.13. The van der Waals surface area contributed by atoms with Crippen molar-refractivity contribution in [1.29, 1.82) is 0 Å². The predicted octanol–water partition coefficient (Wildman–Crippen LogP) is 4.36. The molecule has 1 aliphatic rings. The lowest BCUT2D eigenvalue weighted by atomic mass is 9.96. The molecule has 0 unspecified atom stereocenters. The maximum absolute atomic E-state index is 5.13. The summed E-state index contributed by atoms with van der Waals surface area (Å²) in [5.74, 6) is 0. The molecule has 2 rings (SSSR count). The van der Waals surface area contributed by atoms with Gasteiger partial charge < -0.3 is 10.1 Å². The highest BCUT2D eigenvalue weighted by atomic mass is 16.5. The number of hydrogen-bond donors (Lipinski definition) is 1. The molecule has 0 heterocycles. The van der Waals surface area contributed by atoms with Crippen LogP contribution in [0.4, 0.5) is 5.69 Å². The van der Waals surface area contributed by atoms with Crippen LogP contribution in [0.5, 0.6) is 0 Å². The van der Waals surface area contributed by atoms with E-state index in [9.17, 15) is 0 Å². The molecular formula is C16H25NO. The molecule has 0 aromatic heterocycles. The molecule has 1 aromatic carbocycles. The van der Waals surface area contributed by atoms with Crippen LogP contribution in [0, 0.1) is 0 Å². The van der Waals surface area contributed by atoms with Crippen molar-refractivity contribution in [3.63, 3.8) is 0 Å². The van der Waals surface area contributed by atoms with Gasteiger partial charge in [-0.3, -0.25) is 0 Å². The highest BCUT2D eigenvalue weighted by Crippen LogP contribution is 2.21. The quantitative estimate of drug-likeness (QED) is 0.853. The second-order valence-electron chi connectivity index (χ2n) is 5.32. The van der Waals surface area contributed by atoms with Gasteiger partial charge in [0.25, 0.3) is 0 Å². The second kappa shape index (κ2) is 7.42. The number of anilines is 1. The van der Waals surface area contributed by atoms with Crippen molar-refractivity contribution in [2.75, 3.05) is 12.4 Å². The minimum atomic E-state index is 0.665. The smallest absolute Gasteiger partial charge is 0.0713 e. The van der Waals surface area contributed by atoms with Crippen LogP contribution < -0.4 is 5.32 Å². The molecule has 0 amide bonds. The van der Waals surface area contributed by atoms with Gasteiger partial charge in [0.1, 0.15) is 0 Å². The van der Waals surface area contributed by atoms with Gasteiger partial charge >= 0.3 is 0 Å². The topological polar surface area (TPSA) is 21.3 Å². The molecule has 0 atom stereocenters. The van der Waals surface area contributed by atoms with Crippen molar-refractivity contribution in [2.45, 2.75) is 57.6 Å². The fraction of sp³-hybridized carbons (Fsp3) is 0.625. The van der Waals surface area contributed by atoms with Crippen molar-refractivity contribution < 1.29 is 4.74 Å². The normalized spacial score (nSPS) is 18.1. The molecule has 0 spiro atoms. The summed E-state index contributed by atoms with van der Waals surface area (Å²) >= 11 is 0. The number of nitrogens with one attached hydrogen (secondary N) is 1. The molecule has 0 bridgehead atoms. The Hall–Kier alpha value is -1.02. The van der Waals surface area contributed by atoms with Gasteiger partial charge in [0.15, 0.2) is 0 Å². The molecule has 1 aliphatic carbocycles. The summed E-state index contributed by atoms with van der Waals surface area (Å²) in [5, 5.41) is 3.68. The summed E-state index contributed by atoms with van der Waals surface area (Å²) in [7, 11) is 1.74. The minimum Gasteiger partial charge on any atom is -0.382 e. The molecule has 1 aromatic rings. The van der Waals surface area contributed by atoms with Crippen molar-refractivity contribution in [3.8, 4) is 0 Å². The maximum Gasteiger partial charge on any atom is 0.0713 e. The average molecular weight is 247 g/mol. The Kier molecular flexibility index (Phi) is 5.53. The Bertz CT molecular complexity index is 325. The Labute approximate surface area is 111 Å². The van der Waals surface area contributed by atoms with E-state index in [1.807, 2.05) is 0 Å². The van der Waals surface area contributed by atoms with Crippen molar-refractivity contribution in [3.05, 3.63) is 29.8 Å². The fourth-order valence-corrected chi connectivity index (χ4v) is 2.70. The van der Waals surface area contributed by atoms with Crippen LogP contribution in [0.25, 0.3) is 0 Å². The lowest BCUT2D eigenvalue weighted by Crippen LogP contribution is -2.20. The van der Waals surface area contributed by atoms with E-state index in [0.717, 1.165) is 0 Å². The van der Waals surface area contributed by atoms with Crippen LogP contribution in [-0.4, -0.2) is 13.2 Å². The van der Waals surface area contributed by atoms with Gasteiger partial charge in [-0.1, -0.05) is 44.2 Å². The van der Waals surface area contributed by atoms with Crippen LogP contribution >= 0.6 is 0 Å². The number of rotatable bonds is 4. The lowest BCUT2D eigenvalue weighted by molar-refractivity contribution is 0.185. The Balaban J connectivity index is 1.86. The number of methoxy groups -OCH3 is 1. The highest BCUT2D eigenvalue weighted by Gasteiger charge is 2.10. The molecule has 1 fully saturated rings. The molecular weight excluding hydrogens is 222 g/mol. The first-order chi connectivity index (χ1) is 8.88. The first-order valence-corrected chi connectivity index (χ1v) is 7.23. The summed E-state index contributed by atoms with van der Waals surface area (Å²) in [4.78, 5) is 0. The van der Waals surface area contributed by atoms with E-state index in [1.165, 1.54) is 56.2 Å². The number of benzene rings is 1. The molecule has 100 valence electrons. The monoisotopic (exact) mass is 247 g/mol.